The number of carbonyl (C=O) groups excluding carboxylic acids is 1. The molecule has 0 atom stereocenters. The van der Waals surface area contributed by atoms with Crippen molar-refractivity contribution < 1.29 is 9.53 Å². The van der Waals surface area contributed by atoms with E-state index in [1.807, 2.05) is 26.0 Å². The number of rotatable bonds is 5. The predicted molar refractivity (Wildman–Crippen MR) is 68.1 cm³/mol. The smallest absolute Gasteiger partial charge is 0.236 e. The van der Waals surface area contributed by atoms with E-state index < -0.39 is 0 Å². The number of nitrogens with zero attached hydrogens (tertiary/aromatic N) is 1. The zero-order chi connectivity index (χ0) is 12.8. The van der Waals surface area contributed by atoms with Crippen LogP contribution in [0.15, 0.2) is 18.2 Å². The van der Waals surface area contributed by atoms with Crippen LogP contribution in [0.3, 0.4) is 0 Å². The first kappa shape index (κ1) is 13.5. The van der Waals surface area contributed by atoms with Gasteiger partial charge in [0.25, 0.3) is 0 Å². The van der Waals surface area contributed by atoms with Crippen LogP contribution in [0.5, 0.6) is 5.75 Å². The average molecular weight is 236 g/mol. The standard InChI is InChI=1S/C13H20N2O2/c1-10-4-5-12(11(2)8-10)17-7-6-15(3)13(16)9-14/h4-5,8H,6-7,9,14H2,1-3H3. The lowest BCUT2D eigenvalue weighted by Crippen LogP contribution is -2.35. The van der Waals surface area contributed by atoms with Crippen LogP contribution >= 0.6 is 0 Å². The molecule has 0 bridgehead atoms. The molecule has 1 aromatic carbocycles. The van der Waals surface area contributed by atoms with Gasteiger partial charge in [-0.25, -0.2) is 0 Å². The van der Waals surface area contributed by atoms with Gasteiger partial charge in [-0.15, -0.1) is 0 Å². The molecule has 1 aromatic rings. The molecule has 0 saturated heterocycles. The maximum Gasteiger partial charge on any atom is 0.236 e. The van der Waals surface area contributed by atoms with Crippen molar-refractivity contribution in [3.05, 3.63) is 29.3 Å². The molecule has 0 aliphatic carbocycles. The third kappa shape index (κ3) is 4.07. The first-order chi connectivity index (χ1) is 8.04. The highest BCUT2D eigenvalue weighted by Gasteiger charge is 2.06. The molecular weight excluding hydrogens is 216 g/mol. The van der Waals surface area contributed by atoms with Crippen molar-refractivity contribution in [3.8, 4) is 5.75 Å². The quantitative estimate of drug-likeness (QED) is 0.833. The van der Waals surface area contributed by atoms with Gasteiger partial charge in [0.1, 0.15) is 12.4 Å². The summed E-state index contributed by atoms with van der Waals surface area (Å²) in [4.78, 5) is 12.8. The molecule has 94 valence electrons. The molecule has 0 aliphatic rings. The molecule has 0 radical (unpaired) electrons. The van der Waals surface area contributed by atoms with Crippen LogP contribution in [0.1, 0.15) is 11.1 Å². The Balaban J connectivity index is 2.43. The summed E-state index contributed by atoms with van der Waals surface area (Å²) < 4.78 is 5.62. The molecule has 0 unspecified atom stereocenters. The van der Waals surface area contributed by atoms with Crippen LogP contribution in [0.25, 0.3) is 0 Å². The van der Waals surface area contributed by atoms with Crippen LogP contribution in [0.2, 0.25) is 0 Å². The Morgan fingerprint density at radius 1 is 1.41 bits per heavy atom. The second-order valence-corrected chi connectivity index (χ2v) is 4.14. The average Bonchev–Trinajstić information content (AvgIpc) is 2.30. The summed E-state index contributed by atoms with van der Waals surface area (Å²) in [5.41, 5.74) is 7.59. The van der Waals surface area contributed by atoms with Crippen LogP contribution in [-0.2, 0) is 4.79 Å². The van der Waals surface area contributed by atoms with E-state index in [9.17, 15) is 4.79 Å². The number of benzene rings is 1. The summed E-state index contributed by atoms with van der Waals surface area (Å²) in [5, 5.41) is 0. The van der Waals surface area contributed by atoms with Crippen LogP contribution in [0, 0.1) is 13.8 Å². The molecule has 0 saturated carbocycles. The predicted octanol–water partition coefficient (Wildman–Crippen LogP) is 1.10. The summed E-state index contributed by atoms with van der Waals surface area (Å²) in [6.45, 7) is 5.12. The highest BCUT2D eigenvalue weighted by Crippen LogP contribution is 2.18. The van der Waals surface area contributed by atoms with Gasteiger partial charge in [0.15, 0.2) is 0 Å². The van der Waals surface area contributed by atoms with Crippen molar-refractivity contribution in [2.45, 2.75) is 13.8 Å². The molecule has 0 spiro atoms. The number of hydrogen-bond donors (Lipinski definition) is 1. The van der Waals surface area contributed by atoms with Gasteiger partial charge in [-0.2, -0.15) is 0 Å². The summed E-state index contributed by atoms with van der Waals surface area (Å²) in [6, 6.07) is 6.04. The fourth-order valence-corrected chi connectivity index (χ4v) is 1.53. The van der Waals surface area contributed by atoms with Gasteiger partial charge in [-0.1, -0.05) is 17.7 Å². The molecule has 0 aromatic heterocycles. The van der Waals surface area contributed by atoms with E-state index in [2.05, 4.69) is 6.07 Å². The Labute approximate surface area is 102 Å². The van der Waals surface area contributed by atoms with E-state index in [1.165, 1.54) is 5.56 Å². The molecule has 17 heavy (non-hydrogen) atoms. The van der Waals surface area contributed by atoms with Gasteiger partial charge in [0.05, 0.1) is 13.1 Å². The maximum absolute atomic E-state index is 11.2. The minimum absolute atomic E-state index is 0.0417. The second-order valence-electron chi connectivity index (χ2n) is 4.14. The molecule has 0 fully saturated rings. The van der Waals surface area contributed by atoms with Crippen molar-refractivity contribution in [2.24, 2.45) is 5.73 Å². The number of hydrogen-bond acceptors (Lipinski definition) is 3. The van der Waals surface area contributed by atoms with Crippen LogP contribution in [-0.4, -0.2) is 37.6 Å². The van der Waals surface area contributed by atoms with Gasteiger partial charge in [0, 0.05) is 7.05 Å². The lowest BCUT2D eigenvalue weighted by atomic mass is 10.1. The van der Waals surface area contributed by atoms with Crippen LogP contribution < -0.4 is 10.5 Å². The first-order valence-corrected chi connectivity index (χ1v) is 5.68. The number of nitrogens with two attached hydrogens (primary N) is 1. The van der Waals surface area contributed by atoms with Gasteiger partial charge >= 0.3 is 0 Å². The lowest BCUT2D eigenvalue weighted by Gasteiger charge is -2.17. The van der Waals surface area contributed by atoms with Crippen molar-refractivity contribution in [3.63, 3.8) is 0 Å². The molecule has 2 N–H and O–H groups in total. The van der Waals surface area contributed by atoms with E-state index in [1.54, 1.807) is 11.9 Å². The normalized spacial score (nSPS) is 10.1. The van der Waals surface area contributed by atoms with Gasteiger partial charge in [0.2, 0.25) is 5.91 Å². The Morgan fingerprint density at radius 3 is 2.71 bits per heavy atom. The SMILES string of the molecule is Cc1ccc(OCCN(C)C(=O)CN)c(C)c1. The summed E-state index contributed by atoms with van der Waals surface area (Å²) in [7, 11) is 1.72. The summed E-state index contributed by atoms with van der Waals surface area (Å²) >= 11 is 0. The zero-order valence-electron chi connectivity index (χ0n) is 10.7. The number of likely N-dealkylation sites (N-methyl/N-ethyl adjacent to an activating group) is 1. The second kappa shape index (κ2) is 6.25. The highest BCUT2D eigenvalue weighted by molar-refractivity contribution is 5.77. The summed E-state index contributed by atoms with van der Waals surface area (Å²) in [5.74, 6) is 0.790. The molecular formula is C13H20N2O2. The molecule has 0 heterocycles. The van der Waals surface area contributed by atoms with E-state index in [0.717, 1.165) is 11.3 Å². The van der Waals surface area contributed by atoms with Gasteiger partial charge in [-0.3, -0.25) is 4.79 Å². The Hall–Kier alpha value is -1.55. The van der Waals surface area contributed by atoms with E-state index in [0.29, 0.717) is 13.2 Å². The van der Waals surface area contributed by atoms with Crippen molar-refractivity contribution in [1.82, 2.24) is 4.90 Å². The minimum Gasteiger partial charge on any atom is -0.491 e. The monoisotopic (exact) mass is 236 g/mol. The summed E-state index contributed by atoms with van der Waals surface area (Å²) in [6.07, 6.45) is 0. The third-order valence-electron chi connectivity index (χ3n) is 2.62. The first-order valence-electron chi connectivity index (χ1n) is 5.68. The van der Waals surface area contributed by atoms with Gasteiger partial charge < -0.3 is 15.4 Å². The van der Waals surface area contributed by atoms with Gasteiger partial charge in [-0.05, 0) is 25.5 Å². The lowest BCUT2D eigenvalue weighted by molar-refractivity contribution is -0.128. The van der Waals surface area contributed by atoms with E-state index >= 15 is 0 Å². The molecule has 1 rings (SSSR count). The topological polar surface area (TPSA) is 55.6 Å². The van der Waals surface area contributed by atoms with E-state index in [4.69, 9.17) is 10.5 Å². The molecule has 1 amide bonds. The maximum atomic E-state index is 11.2. The third-order valence-corrected chi connectivity index (χ3v) is 2.62. The Kier molecular flexibility index (Phi) is 4.97. The van der Waals surface area contributed by atoms with Crippen molar-refractivity contribution in [2.75, 3.05) is 26.7 Å². The number of ether oxygens (including phenoxy) is 1. The van der Waals surface area contributed by atoms with Crippen molar-refractivity contribution >= 4 is 5.91 Å². The highest BCUT2D eigenvalue weighted by atomic mass is 16.5. The number of aryl methyl sites for hydroxylation is 2. The van der Waals surface area contributed by atoms with Crippen LogP contribution in [0.4, 0.5) is 0 Å². The number of carbonyl (C=O) groups is 1. The Morgan fingerprint density at radius 2 is 2.12 bits per heavy atom. The Bertz CT molecular complexity index is 391. The zero-order valence-corrected chi connectivity index (χ0v) is 10.7. The largest absolute Gasteiger partial charge is 0.491 e. The molecule has 4 heteroatoms. The fourth-order valence-electron chi connectivity index (χ4n) is 1.53. The molecule has 4 nitrogen and oxygen atoms in total. The van der Waals surface area contributed by atoms with Crippen molar-refractivity contribution in [1.29, 1.82) is 0 Å². The molecule has 0 aliphatic heterocycles. The minimum atomic E-state index is -0.0748. The van der Waals surface area contributed by atoms with E-state index in [-0.39, 0.29) is 12.5 Å². The fraction of sp³-hybridized carbons (Fsp3) is 0.462. The number of amides is 1.